The quantitative estimate of drug-likeness (QED) is 0.357. The fraction of sp³-hybridized carbons (Fsp3) is 0.704. The molecule has 0 aromatic heterocycles. The van der Waals surface area contributed by atoms with Crippen LogP contribution in [-0.4, -0.2) is 6.61 Å². The van der Waals surface area contributed by atoms with Crippen LogP contribution >= 0.6 is 0 Å². The minimum absolute atomic E-state index is 0.722. The van der Waals surface area contributed by atoms with Gasteiger partial charge < -0.3 is 4.74 Å². The Morgan fingerprint density at radius 2 is 1.52 bits per heavy atom. The molecule has 2 saturated carbocycles. The monoisotopic (exact) mass is 400 g/mol. The van der Waals surface area contributed by atoms with Crippen LogP contribution in [0.4, 0.5) is 4.39 Å². The molecule has 0 unspecified atom stereocenters. The maximum Gasteiger partial charge on any atom is 0.119 e. The number of hydrogen-bond acceptors (Lipinski definition) is 1. The predicted octanol–water partition coefficient (Wildman–Crippen LogP) is 8.60. The van der Waals surface area contributed by atoms with E-state index in [0.717, 1.165) is 55.2 Å². The molecule has 2 aliphatic carbocycles. The van der Waals surface area contributed by atoms with Gasteiger partial charge in [0.05, 0.1) is 12.9 Å². The lowest BCUT2D eigenvalue weighted by molar-refractivity contribution is 0.160. The molecule has 0 bridgehead atoms. The summed E-state index contributed by atoms with van der Waals surface area (Å²) in [6.45, 7) is 3.09. The van der Waals surface area contributed by atoms with E-state index < -0.39 is 0 Å². The van der Waals surface area contributed by atoms with Crippen LogP contribution in [0.2, 0.25) is 0 Å². The van der Waals surface area contributed by atoms with Gasteiger partial charge in [0, 0.05) is 0 Å². The van der Waals surface area contributed by atoms with E-state index in [1.807, 2.05) is 0 Å². The molecule has 162 valence electrons. The molecule has 3 rings (SSSR count). The highest BCUT2D eigenvalue weighted by Crippen LogP contribution is 2.44. The molecule has 0 radical (unpaired) electrons. The fourth-order valence-electron chi connectivity index (χ4n) is 5.62. The number of allylic oxidation sites excluding steroid dienone is 1. The summed E-state index contributed by atoms with van der Waals surface area (Å²) in [5.41, 5.74) is 1.50. The van der Waals surface area contributed by atoms with Crippen LogP contribution in [0.1, 0.15) is 102 Å². The normalized spacial score (nSPS) is 27.9. The highest BCUT2D eigenvalue weighted by Gasteiger charge is 2.31. The number of ether oxygens (including phenoxy) is 1. The molecule has 0 spiro atoms. The second-order valence-electron chi connectivity index (χ2n) is 9.47. The second-order valence-corrected chi connectivity index (χ2v) is 9.47. The first-order chi connectivity index (χ1) is 14.3. The second kappa shape index (κ2) is 12.4. The Hall–Kier alpha value is -1.31. The van der Waals surface area contributed by atoms with Crippen molar-refractivity contribution in [3.05, 3.63) is 42.2 Å². The van der Waals surface area contributed by atoms with Gasteiger partial charge in [0.2, 0.25) is 0 Å². The highest BCUT2D eigenvalue weighted by atomic mass is 19.1. The molecule has 2 aliphatic rings. The maximum atomic E-state index is 12.2. The van der Waals surface area contributed by atoms with Gasteiger partial charge in [0.15, 0.2) is 0 Å². The molecule has 0 amide bonds. The highest BCUT2D eigenvalue weighted by molar-refractivity contribution is 5.29. The smallest absolute Gasteiger partial charge is 0.119 e. The molecule has 1 nitrogen and oxygen atoms in total. The summed E-state index contributed by atoms with van der Waals surface area (Å²) in [6, 6.07) is 8.95. The van der Waals surface area contributed by atoms with Gasteiger partial charge in [-0.05, 0) is 106 Å². The van der Waals surface area contributed by atoms with Gasteiger partial charge in [0.25, 0.3) is 0 Å². The van der Waals surface area contributed by atoms with Gasteiger partial charge in [-0.2, -0.15) is 0 Å². The number of rotatable bonds is 10. The topological polar surface area (TPSA) is 9.23 Å². The van der Waals surface area contributed by atoms with E-state index in [1.165, 1.54) is 76.2 Å². The average molecular weight is 401 g/mol. The Kier molecular flexibility index (Phi) is 9.57. The SMILES string of the molecule is CCCCCCOc1ccc(C2CCC(C3CCC(C/C=C/F)CC3)CC2)cc1. The molecule has 1 aromatic rings. The zero-order chi connectivity index (χ0) is 20.3. The van der Waals surface area contributed by atoms with E-state index in [2.05, 4.69) is 31.2 Å². The zero-order valence-electron chi connectivity index (χ0n) is 18.5. The van der Waals surface area contributed by atoms with E-state index in [1.54, 1.807) is 6.08 Å². The van der Waals surface area contributed by atoms with Crippen molar-refractivity contribution < 1.29 is 9.13 Å². The van der Waals surface area contributed by atoms with Crippen LogP contribution in [0.3, 0.4) is 0 Å². The van der Waals surface area contributed by atoms with Crippen LogP contribution in [-0.2, 0) is 0 Å². The fourth-order valence-corrected chi connectivity index (χ4v) is 5.62. The molecule has 2 heteroatoms. The van der Waals surface area contributed by atoms with Crippen molar-refractivity contribution in [1.82, 2.24) is 0 Å². The Morgan fingerprint density at radius 1 is 0.862 bits per heavy atom. The van der Waals surface area contributed by atoms with Crippen molar-refractivity contribution in [3.8, 4) is 5.75 Å². The van der Waals surface area contributed by atoms with Gasteiger partial charge in [-0.25, -0.2) is 4.39 Å². The summed E-state index contributed by atoms with van der Waals surface area (Å²) in [6.07, 6.45) is 19.2. The van der Waals surface area contributed by atoms with Crippen LogP contribution in [0.15, 0.2) is 36.7 Å². The van der Waals surface area contributed by atoms with Gasteiger partial charge in [0.1, 0.15) is 5.75 Å². The number of benzene rings is 1. The Bertz CT molecular complexity index is 577. The summed E-state index contributed by atoms with van der Waals surface area (Å²) in [4.78, 5) is 0. The number of unbranched alkanes of at least 4 members (excludes halogenated alkanes) is 3. The molecule has 0 atom stereocenters. The molecule has 29 heavy (non-hydrogen) atoms. The average Bonchev–Trinajstić information content (AvgIpc) is 2.78. The Balaban J connectivity index is 1.37. The summed E-state index contributed by atoms with van der Waals surface area (Å²) in [5.74, 6) is 4.33. The third kappa shape index (κ3) is 7.15. The third-order valence-electron chi connectivity index (χ3n) is 7.51. The van der Waals surface area contributed by atoms with Crippen molar-refractivity contribution in [2.75, 3.05) is 6.61 Å². The summed E-state index contributed by atoms with van der Waals surface area (Å²) < 4.78 is 18.1. The van der Waals surface area contributed by atoms with Crippen LogP contribution < -0.4 is 4.74 Å². The summed E-state index contributed by atoms with van der Waals surface area (Å²) in [5, 5.41) is 0. The predicted molar refractivity (Wildman–Crippen MR) is 121 cm³/mol. The zero-order valence-corrected chi connectivity index (χ0v) is 18.5. The molecular formula is C27H41FO. The molecule has 0 aliphatic heterocycles. The van der Waals surface area contributed by atoms with Gasteiger partial charge in [-0.3, -0.25) is 0 Å². The van der Waals surface area contributed by atoms with Crippen molar-refractivity contribution in [2.45, 2.75) is 96.3 Å². The summed E-state index contributed by atoms with van der Waals surface area (Å²) in [7, 11) is 0. The third-order valence-corrected chi connectivity index (χ3v) is 7.51. The first-order valence-electron chi connectivity index (χ1n) is 12.3. The molecule has 0 saturated heterocycles. The minimum Gasteiger partial charge on any atom is -0.494 e. The first kappa shape index (κ1) is 22.4. The largest absolute Gasteiger partial charge is 0.494 e. The van der Waals surface area contributed by atoms with E-state index in [9.17, 15) is 4.39 Å². The van der Waals surface area contributed by atoms with Crippen LogP contribution in [0.5, 0.6) is 5.75 Å². The van der Waals surface area contributed by atoms with Crippen molar-refractivity contribution >= 4 is 0 Å². The van der Waals surface area contributed by atoms with Gasteiger partial charge in [-0.1, -0.05) is 44.4 Å². The van der Waals surface area contributed by atoms with Crippen LogP contribution in [0.25, 0.3) is 0 Å². The lowest BCUT2D eigenvalue weighted by Gasteiger charge is -2.38. The minimum atomic E-state index is 0.722. The number of hydrogen-bond donors (Lipinski definition) is 0. The van der Waals surface area contributed by atoms with E-state index in [4.69, 9.17) is 4.74 Å². The van der Waals surface area contributed by atoms with Crippen molar-refractivity contribution in [3.63, 3.8) is 0 Å². The molecule has 2 fully saturated rings. The van der Waals surface area contributed by atoms with Gasteiger partial charge in [-0.15, -0.1) is 0 Å². The van der Waals surface area contributed by atoms with Crippen molar-refractivity contribution in [1.29, 1.82) is 0 Å². The van der Waals surface area contributed by atoms with Crippen molar-refractivity contribution in [2.24, 2.45) is 17.8 Å². The molecular weight excluding hydrogens is 359 g/mol. The lowest BCUT2D eigenvalue weighted by atomic mass is 9.68. The number of halogens is 1. The standard InChI is InChI=1S/C27H41FO/c1-2-3-4-5-21-29-27-18-16-26(17-19-27)25-14-12-24(13-15-25)23-10-8-22(9-11-23)7-6-20-28/h6,16-20,22-25H,2-5,7-15,21H2,1H3/b20-6+. The molecule has 1 aromatic carbocycles. The lowest BCUT2D eigenvalue weighted by Crippen LogP contribution is -2.25. The molecule has 0 heterocycles. The maximum absolute atomic E-state index is 12.2. The Labute approximate surface area is 178 Å². The van der Waals surface area contributed by atoms with E-state index in [0.29, 0.717) is 0 Å². The Morgan fingerprint density at radius 3 is 2.14 bits per heavy atom. The van der Waals surface area contributed by atoms with Crippen LogP contribution in [0, 0.1) is 17.8 Å². The van der Waals surface area contributed by atoms with Gasteiger partial charge >= 0.3 is 0 Å². The summed E-state index contributed by atoms with van der Waals surface area (Å²) >= 11 is 0. The first-order valence-corrected chi connectivity index (χ1v) is 12.3. The van der Waals surface area contributed by atoms with E-state index >= 15 is 0 Å². The molecule has 0 N–H and O–H groups in total. The van der Waals surface area contributed by atoms with E-state index in [-0.39, 0.29) is 0 Å².